The normalized spacial score (nSPS) is 28.6. The van der Waals surface area contributed by atoms with E-state index in [0.29, 0.717) is 12.0 Å². The first-order valence-corrected chi connectivity index (χ1v) is 5.88. The van der Waals surface area contributed by atoms with Crippen molar-refractivity contribution in [2.24, 2.45) is 5.92 Å². The Hall–Kier alpha value is -1.45. The smallest absolute Gasteiger partial charge is 0.217 e. The number of rotatable bonds is 1. The zero-order valence-electron chi connectivity index (χ0n) is 10.0. The van der Waals surface area contributed by atoms with Crippen LogP contribution in [0.4, 0.5) is 4.39 Å². The van der Waals surface area contributed by atoms with Crippen LogP contribution in [0.5, 0.6) is 0 Å². The summed E-state index contributed by atoms with van der Waals surface area (Å²) in [6.07, 6.45) is 3.41. The van der Waals surface area contributed by atoms with Gasteiger partial charge in [-0.25, -0.2) is 4.39 Å². The molecule has 0 aromatic carbocycles. The number of hydrogen-bond acceptors (Lipinski definition) is 2. The molecule has 2 unspecified atom stereocenters. The Morgan fingerprint density at radius 3 is 2.82 bits per heavy atom. The van der Waals surface area contributed by atoms with Crippen molar-refractivity contribution in [2.75, 3.05) is 0 Å². The maximum Gasteiger partial charge on any atom is 0.217 e. The number of carbonyl (C=O) groups is 2. The third kappa shape index (κ3) is 2.16. The van der Waals surface area contributed by atoms with Gasteiger partial charge >= 0.3 is 0 Å². The van der Waals surface area contributed by atoms with E-state index in [9.17, 15) is 14.0 Å². The topological polar surface area (TPSA) is 46.2 Å². The molecule has 1 N–H and O–H groups in total. The van der Waals surface area contributed by atoms with Crippen molar-refractivity contribution >= 4 is 11.7 Å². The van der Waals surface area contributed by atoms with E-state index in [1.807, 2.05) is 0 Å². The van der Waals surface area contributed by atoms with Gasteiger partial charge in [0.1, 0.15) is 11.6 Å². The Morgan fingerprint density at radius 2 is 2.18 bits per heavy atom. The molecule has 0 aromatic heterocycles. The van der Waals surface area contributed by atoms with Gasteiger partial charge in [-0.15, -0.1) is 0 Å². The number of halogens is 1. The van der Waals surface area contributed by atoms with Crippen molar-refractivity contribution < 1.29 is 14.0 Å². The first kappa shape index (κ1) is 12.0. The molecule has 4 heteroatoms. The Labute approximate surface area is 99.8 Å². The van der Waals surface area contributed by atoms with Gasteiger partial charge in [-0.2, -0.15) is 0 Å². The summed E-state index contributed by atoms with van der Waals surface area (Å²) < 4.78 is 13.7. The van der Waals surface area contributed by atoms with Crippen molar-refractivity contribution in [3.05, 3.63) is 23.0 Å². The highest BCUT2D eigenvalue weighted by molar-refractivity contribution is 5.88. The number of hydrogen-bond donors (Lipinski definition) is 1. The van der Waals surface area contributed by atoms with Crippen molar-refractivity contribution in [1.82, 2.24) is 5.32 Å². The molecule has 3 nitrogen and oxygen atoms in total. The van der Waals surface area contributed by atoms with Crippen LogP contribution in [0.3, 0.4) is 0 Å². The molecule has 2 atom stereocenters. The van der Waals surface area contributed by atoms with Crippen molar-refractivity contribution in [3.8, 4) is 0 Å². The maximum atomic E-state index is 13.7. The van der Waals surface area contributed by atoms with Crippen LogP contribution in [-0.2, 0) is 9.59 Å². The number of allylic oxidation sites excluding steroid dienone is 2. The van der Waals surface area contributed by atoms with E-state index in [0.717, 1.165) is 18.4 Å². The SMILES string of the molecule is CC(=O)NC1C=C(F)C(C)=C2CCCC(=O)C21. The standard InChI is InChI=1S/C13H16FNO2/c1-7-9-4-3-5-12(17)13(9)11(6-10(7)14)15-8(2)16/h6,11,13H,3-5H2,1-2H3,(H,15,16). The maximum absolute atomic E-state index is 13.7. The van der Waals surface area contributed by atoms with Gasteiger partial charge < -0.3 is 5.32 Å². The highest BCUT2D eigenvalue weighted by Gasteiger charge is 2.37. The van der Waals surface area contributed by atoms with Crippen LogP contribution in [0.25, 0.3) is 0 Å². The van der Waals surface area contributed by atoms with Gasteiger partial charge in [0, 0.05) is 13.3 Å². The molecule has 2 aliphatic rings. The van der Waals surface area contributed by atoms with E-state index in [1.54, 1.807) is 6.92 Å². The summed E-state index contributed by atoms with van der Waals surface area (Å²) in [5, 5.41) is 2.65. The molecule has 0 radical (unpaired) electrons. The van der Waals surface area contributed by atoms with E-state index in [4.69, 9.17) is 0 Å². The van der Waals surface area contributed by atoms with E-state index >= 15 is 0 Å². The summed E-state index contributed by atoms with van der Waals surface area (Å²) in [5.74, 6) is -0.804. The third-order valence-electron chi connectivity index (χ3n) is 3.49. The molecule has 17 heavy (non-hydrogen) atoms. The molecule has 92 valence electrons. The highest BCUT2D eigenvalue weighted by atomic mass is 19.1. The van der Waals surface area contributed by atoms with E-state index in [2.05, 4.69) is 5.32 Å². The Morgan fingerprint density at radius 1 is 1.47 bits per heavy atom. The largest absolute Gasteiger partial charge is 0.349 e. The van der Waals surface area contributed by atoms with Gasteiger partial charge in [0.05, 0.1) is 12.0 Å². The lowest BCUT2D eigenvalue weighted by atomic mass is 9.73. The second kappa shape index (κ2) is 4.43. The van der Waals surface area contributed by atoms with Crippen molar-refractivity contribution in [2.45, 2.75) is 39.2 Å². The summed E-state index contributed by atoms with van der Waals surface area (Å²) in [5.41, 5.74) is 1.43. The van der Waals surface area contributed by atoms with Crippen LogP contribution in [0.15, 0.2) is 23.0 Å². The molecular formula is C13H16FNO2. The monoisotopic (exact) mass is 237 g/mol. The van der Waals surface area contributed by atoms with Crippen LogP contribution in [0, 0.1) is 5.92 Å². The molecule has 2 rings (SSSR count). The minimum atomic E-state index is -0.515. The zero-order chi connectivity index (χ0) is 12.6. The van der Waals surface area contributed by atoms with Crippen LogP contribution in [-0.4, -0.2) is 17.7 Å². The number of carbonyl (C=O) groups excluding carboxylic acids is 2. The number of amides is 1. The van der Waals surface area contributed by atoms with E-state index in [1.165, 1.54) is 13.0 Å². The fourth-order valence-corrected chi connectivity index (χ4v) is 2.69. The first-order chi connectivity index (χ1) is 8.00. The van der Waals surface area contributed by atoms with Crippen LogP contribution in [0.2, 0.25) is 0 Å². The fraction of sp³-hybridized carbons (Fsp3) is 0.538. The summed E-state index contributed by atoms with van der Waals surface area (Å²) in [7, 11) is 0. The van der Waals surface area contributed by atoms with Gasteiger partial charge in [-0.1, -0.05) is 5.57 Å². The molecule has 0 bridgehead atoms. The third-order valence-corrected chi connectivity index (χ3v) is 3.49. The fourth-order valence-electron chi connectivity index (χ4n) is 2.69. The first-order valence-electron chi connectivity index (χ1n) is 5.88. The molecule has 1 saturated carbocycles. The zero-order valence-corrected chi connectivity index (χ0v) is 10.0. The van der Waals surface area contributed by atoms with Crippen LogP contribution in [0.1, 0.15) is 33.1 Å². The Bertz CT molecular complexity index is 437. The van der Waals surface area contributed by atoms with Crippen LogP contribution >= 0.6 is 0 Å². The van der Waals surface area contributed by atoms with Crippen LogP contribution < -0.4 is 5.32 Å². The summed E-state index contributed by atoms with van der Waals surface area (Å²) >= 11 is 0. The predicted octanol–water partition coefficient (Wildman–Crippen LogP) is 2.04. The second-order valence-corrected chi connectivity index (χ2v) is 4.69. The lowest BCUT2D eigenvalue weighted by Crippen LogP contribution is -2.45. The van der Waals surface area contributed by atoms with Gasteiger partial charge in [-0.3, -0.25) is 9.59 Å². The average molecular weight is 237 g/mol. The molecule has 0 heterocycles. The molecule has 1 fully saturated rings. The summed E-state index contributed by atoms with van der Waals surface area (Å²) in [4.78, 5) is 23.0. The van der Waals surface area contributed by atoms with Crippen molar-refractivity contribution in [3.63, 3.8) is 0 Å². The van der Waals surface area contributed by atoms with Gasteiger partial charge in [-0.05, 0) is 31.4 Å². The summed E-state index contributed by atoms with van der Waals surface area (Å²) in [6.45, 7) is 3.08. The number of fused-ring (bicyclic) bond motifs is 1. The Balaban J connectivity index is 2.37. The number of ketones is 1. The number of nitrogens with one attached hydrogen (secondary N) is 1. The number of Topliss-reactive ketones (excluding diaryl/α,β-unsaturated/α-hetero) is 1. The quantitative estimate of drug-likeness (QED) is 0.758. The second-order valence-electron chi connectivity index (χ2n) is 4.69. The molecular weight excluding hydrogens is 221 g/mol. The van der Waals surface area contributed by atoms with Gasteiger partial charge in [0.15, 0.2) is 0 Å². The van der Waals surface area contributed by atoms with E-state index < -0.39 is 6.04 Å². The predicted molar refractivity (Wildman–Crippen MR) is 61.8 cm³/mol. The Kier molecular flexibility index (Phi) is 3.13. The van der Waals surface area contributed by atoms with Gasteiger partial charge in [0.2, 0.25) is 5.91 Å². The molecule has 2 aliphatic carbocycles. The summed E-state index contributed by atoms with van der Waals surface area (Å²) in [6, 6.07) is -0.515. The minimum absolute atomic E-state index is 0.105. The molecule has 0 spiro atoms. The molecule has 0 aromatic rings. The highest BCUT2D eigenvalue weighted by Crippen LogP contribution is 2.38. The molecule has 1 amide bonds. The molecule has 0 aliphatic heterocycles. The van der Waals surface area contributed by atoms with Gasteiger partial charge in [0.25, 0.3) is 0 Å². The average Bonchev–Trinajstić information content (AvgIpc) is 2.24. The van der Waals surface area contributed by atoms with Crippen molar-refractivity contribution in [1.29, 1.82) is 0 Å². The molecule has 0 saturated heterocycles. The minimum Gasteiger partial charge on any atom is -0.349 e. The van der Waals surface area contributed by atoms with E-state index in [-0.39, 0.29) is 23.4 Å². The lowest BCUT2D eigenvalue weighted by Gasteiger charge is -2.34. The lowest BCUT2D eigenvalue weighted by molar-refractivity contribution is -0.124.